The molecule has 0 aliphatic rings. The van der Waals surface area contributed by atoms with Crippen LogP contribution in [0.4, 0.5) is 13.2 Å². The maximum atomic E-state index is 11.9. The van der Waals surface area contributed by atoms with Gasteiger partial charge in [0.05, 0.1) is 6.20 Å². The van der Waals surface area contributed by atoms with E-state index in [-0.39, 0.29) is 12.5 Å². The number of hydrogen-bond donors (Lipinski definition) is 1. The van der Waals surface area contributed by atoms with Crippen molar-refractivity contribution >= 4 is 0 Å². The van der Waals surface area contributed by atoms with Crippen LogP contribution in [0.1, 0.15) is 25.3 Å². The largest absolute Gasteiger partial charge is 0.389 e. The van der Waals surface area contributed by atoms with E-state index in [4.69, 9.17) is 5.73 Å². The molecule has 1 heterocycles. The lowest BCUT2D eigenvalue weighted by atomic mass is 10.1. The summed E-state index contributed by atoms with van der Waals surface area (Å²) in [6, 6.07) is 0.0350. The Morgan fingerprint density at radius 3 is 2.75 bits per heavy atom. The molecule has 6 heteroatoms. The molecular weight excluding hydrogens is 219 g/mol. The van der Waals surface area contributed by atoms with Gasteiger partial charge in [-0.15, -0.1) is 0 Å². The summed E-state index contributed by atoms with van der Waals surface area (Å²) in [7, 11) is 0. The lowest BCUT2D eigenvalue weighted by Gasteiger charge is -2.05. The molecule has 0 aromatic carbocycles. The molecule has 2 N–H and O–H groups in total. The minimum atomic E-state index is -4.08. The van der Waals surface area contributed by atoms with E-state index < -0.39 is 12.6 Å². The molecule has 1 aromatic heterocycles. The van der Waals surface area contributed by atoms with Crippen LogP contribution in [0.15, 0.2) is 12.4 Å². The van der Waals surface area contributed by atoms with E-state index in [1.54, 1.807) is 12.4 Å². The van der Waals surface area contributed by atoms with E-state index in [9.17, 15) is 13.2 Å². The molecule has 0 spiro atoms. The van der Waals surface area contributed by atoms with Crippen LogP contribution in [0, 0.1) is 0 Å². The molecule has 0 bridgehead atoms. The standard InChI is InChI=1S/C10H16F3N3/c1-8(14)5-9-6-15-16(7-9)4-2-3-10(11,12)13/h6-8H,2-5,14H2,1H3. The van der Waals surface area contributed by atoms with Crippen molar-refractivity contribution < 1.29 is 13.2 Å². The van der Waals surface area contributed by atoms with E-state index in [0.717, 1.165) is 5.56 Å². The Morgan fingerprint density at radius 2 is 2.19 bits per heavy atom. The van der Waals surface area contributed by atoms with Crippen LogP contribution in [-0.2, 0) is 13.0 Å². The molecule has 0 saturated heterocycles. The first-order valence-corrected chi connectivity index (χ1v) is 5.20. The maximum Gasteiger partial charge on any atom is 0.389 e. The minimum Gasteiger partial charge on any atom is -0.328 e. The minimum absolute atomic E-state index is 0.0350. The first kappa shape index (κ1) is 13.0. The second kappa shape index (κ2) is 5.34. The zero-order valence-corrected chi connectivity index (χ0v) is 9.17. The summed E-state index contributed by atoms with van der Waals surface area (Å²) in [6.45, 7) is 2.17. The van der Waals surface area contributed by atoms with Gasteiger partial charge in [0.25, 0.3) is 0 Å². The Bertz CT molecular complexity index is 317. The average Bonchev–Trinajstić information content (AvgIpc) is 2.49. The van der Waals surface area contributed by atoms with Crippen LogP contribution in [0.5, 0.6) is 0 Å². The zero-order chi connectivity index (χ0) is 12.2. The van der Waals surface area contributed by atoms with Crippen molar-refractivity contribution in [2.75, 3.05) is 0 Å². The van der Waals surface area contributed by atoms with Crippen molar-refractivity contribution in [1.82, 2.24) is 9.78 Å². The third-order valence-electron chi connectivity index (χ3n) is 2.09. The van der Waals surface area contributed by atoms with Crippen LogP contribution in [0.3, 0.4) is 0 Å². The second-order valence-corrected chi connectivity index (χ2v) is 4.01. The van der Waals surface area contributed by atoms with Gasteiger partial charge in [0.2, 0.25) is 0 Å². The number of aromatic nitrogens is 2. The molecule has 1 unspecified atom stereocenters. The Kier molecular flexibility index (Phi) is 4.35. The van der Waals surface area contributed by atoms with Crippen molar-refractivity contribution in [3.8, 4) is 0 Å². The molecule has 0 aliphatic carbocycles. The number of halogens is 3. The molecule has 3 nitrogen and oxygen atoms in total. The van der Waals surface area contributed by atoms with Gasteiger partial charge in [-0.25, -0.2) is 0 Å². The van der Waals surface area contributed by atoms with Gasteiger partial charge in [-0.05, 0) is 25.3 Å². The van der Waals surface area contributed by atoms with Gasteiger partial charge in [0.15, 0.2) is 0 Å². The number of aryl methyl sites for hydroxylation is 1. The summed E-state index contributed by atoms with van der Waals surface area (Å²) in [5, 5.41) is 3.98. The van der Waals surface area contributed by atoms with Crippen LogP contribution in [0.25, 0.3) is 0 Å². The maximum absolute atomic E-state index is 11.9. The van der Waals surface area contributed by atoms with Gasteiger partial charge < -0.3 is 5.73 Å². The predicted octanol–water partition coefficient (Wildman–Crippen LogP) is 2.12. The monoisotopic (exact) mass is 235 g/mol. The Balaban J connectivity index is 2.35. The highest BCUT2D eigenvalue weighted by atomic mass is 19.4. The normalized spacial score (nSPS) is 14.1. The number of nitrogens with two attached hydrogens (primary N) is 1. The molecule has 1 aromatic rings. The highest BCUT2D eigenvalue weighted by Crippen LogP contribution is 2.21. The third-order valence-corrected chi connectivity index (χ3v) is 2.09. The van der Waals surface area contributed by atoms with Crippen molar-refractivity contribution in [2.24, 2.45) is 5.73 Å². The number of alkyl halides is 3. The lowest BCUT2D eigenvalue weighted by Crippen LogP contribution is -2.17. The Labute approximate surface area is 92.4 Å². The first-order chi connectivity index (χ1) is 7.37. The van der Waals surface area contributed by atoms with Crippen molar-refractivity contribution in [3.05, 3.63) is 18.0 Å². The summed E-state index contributed by atoms with van der Waals surface area (Å²) < 4.78 is 37.2. The molecule has 0 aliphatic heterocycles. The molecule has 0 fully saturated rings. The van der Waals surface area contributed by atoms with E-state index in [2.05, 4.69) is 5.10 Å². The molecule has 0 radical (unpaired) electrons. The fourth-order valence-electron chi connectivity index (χ4n) is 1.45. The average molecular weight is 235 g/mol. The molecule has 0 amide bonds. The van der Waals surface area contributed by atoms with Gasteiger partial charge >= 0.3 is 6.18 Å². The predicted molar refractivity (Wildman–Crippen MR) is 54.9 cm³/mol. The topological polar surface area (TPSA) is 43.8 Å². The molecule has 1 rings (SSSR count). The van der Waals surface area contributed by atoms with Crippen LogP contribution < -0.4 is 5.73 Å². The third kappa shape index (κ3) is 5.16. The van der Waals surface area contributed by atoms with Crippen LogP contribution in [0.2, 0.25) is 0 Å². The van der Waals surface area contributed by atoms with Gasteiger partial charge in [-0.2, -0.15) is 18.3 Å². The second-order valence-electron chi connectivity index (χ2n) is 4.01. The summed E-state index contributed by atoms with van der Waals surface area (Å²) in [5.41, 5.74) is 6.57. The highest BCUT2D eigenvalue weighted by molar-refractivity contribution is 5.05. The van der Waals surface area contributed by atoms with E-state index in [0.29, 0.717) is 13.0 Å². The zero-order valence-electron chi connectivity index (χ0n) is 9.17. The van der Waals surface area contributed by atoms with E-state index in [1.807, 2.05) is 6.92 Å². The Morgan fingerprint density at radius 1 is 1.50 bits per heavy atom. The molecule has 0 saturated carbocycles. The molecule has 92 valence electrons. The van der Waals surface area contributed by atoms with Gasteiger partial charge in [-0.3, -0.25) is 4.68 Å². The highest BCUT2D eigenvalue weighted by Gasteiger charge is 2.26. The number of nitrogens with zero attached hydrogens (tertiary/aromatic N) is 2. The summed E-state index contributed by atoms with van der Waals surface area (Å²) in [4.78, 5) is 0. The van der Waals surface area contributed by atoms with Gasteiger partial charge in [0.1, 0.15) is 0 Å². The van der Waals surface area contributed by atoms with E-state index in [1.165, 1.54) is 4.68 Å². The van der Waals surface area contributed by atoms with Crippen LogP contribution >= 0.6 is 0 Å². The number of hydrogen-bond acceptors (Lipinski definition) is 2. The smallest absolute Gasteiger partial charge is 0.328 e. The molecular formula is C10H16F3N3. The SMILES string of the molecule is CC(N)Cc1cnn(CCCC(F)(F)F)c1. The van der Waals surface area contributed by atoms with Crippen molar-refractivity contribution in [1.29, 1.82) is 0 Å². The number of rotatable bonds is 5. The summed E-state index contributed by atoms with van der Waals surface area (Å²) >= 11 is 0. The van der Waals surface area contributed by atoms with E-state index >= 15 is 0 Å². The summed E-state index contributed by atoms with van der Waals surface area (Å²) in [6.07, 6.45) is -0.698. The Hall–Kier alpha value is -1.04. The van der Waals surface area contributed by atoms with Gasteiger partial charge in [-0.1, -0.05) is 0 Å². The van der Waals surface area contributed by atoms with Crippen LogP contribution in [-0.4, -0.2) is 22.0 Å². The lowest BCUT2D eigenvalue weighted by molar-refractivity contribution is -0.136. The quantitative estimate of drug-likeness (QED) is 0.849. The molecule has 16 heavy (non-hydrogen) atoms. The van der Waals surface area contributed by atoms with Gasteiger partial charge in [0, 0.05) is 25.2 Å². The first-order valence-electron chi connectivity index (χ1n) is 5.20. The van der Waals surface area contributed by atoms with Crippen molar-refractivity contribution in [2.45, 2.75) is 44.9 Å². The molecule has 1 atom stereocenters. The van der Waals surface area contributed by atoms with Crippen molar-refractivity contribution in [3.63, 3.8) is 0 Å². The fourth-order valence-corrected chi connectivity index (χ4v) is 1.45. The fraction of sp³-hybridized carbons (Fsp3) is 0.700. The summed E-state index contributed by atoms with van der Waals surface area (Å²) in [5.74, 6) is 0.